The van der Waals surface area contributed by atoms with Gasteiger partial charge >= 0.3 is 5.97 Å². The molecule has 6 N–H and O–H groups in total. The van der Waals surface area contributed by atoms with E-state index in [1.54, 1.807) is 6.08 Å². The maximum absolute atomic E-state index is 13.0. The molecule has 11 heteroatoms. The SMILES string of the molecule is CCCCC/C=C/CC/C=C/C(O)C(COC1OC(CO)C(O)C(O)C1O)NC(=O)CCCCCCCCCCCCCCCCCCC/C=C\C/C=C\CCCCCCCCCCCCCCCOC(=O)CCCCCCCCCCCCCCCCC. The molecule has 522 valence electrons. The Kier molecular flexibility index (Phi) is 63.8. The Balaban J connectivity index is 1.88. The molecule has 0 radical (unpaired) electrons. The molecule has 7 unspecified atom stereocenters. The van der Waals surface area contributed by atoms with Gasteiger partial charge in [-0.2, -0.15) is 0 Å². The molecule has 0 saturated carbocycles. The third-order valence-electron chi connectivity index (χ3n) is 18.2. The van der Waals surface area contributed by atoms with Crippen LogP contribution in [-0.2, 0) is 23.8 Å². The summed E-state index contributed by atoms with van der Waals surface area (Å²) < 4.78 is 16.7. The van der Waals surface area contributed by atoms with E-state index in [1.165, 1.54) is 289 Å². The molecule has 0 bridgehead atoms. The van der Waals surface area contributed by atoms with Crippen LogP contribution in [0.5, 0.6) is 0 Å². The van der Waals surface area contributed by atoms with Crippen LogP contribution in [0.2, 0.25) is 0 Å². The number of carbonyl (C=O) groups excluding carboxylic acids is 2. The van der Waals surface area contributed by atoms with Crippen molar-refractivity contribution in [3.05, 3.63) is 48.6 Å². The summed E-state index contributed by atoms with van der Waals surface area (Å²) in [5, 5.41) is 54.3. The molecule has 1 aliphatic heterocycles. The van der Waals surface area contributed by atoms with Gasteiger partial charge in [-0.3, -0.25) is 9.59 Å². The molecule has 1 saturated heterocycles. The fraction of sp³-hybridized carbons (Fsp3) is 0.872. The molecule has 0 aromatic rings. The zero-order valence-electron chi connectivity index (χ0n) is 58.2. The van der Waals surface area contributed by atoms with E-state index in [0.717, 1.165) is 57.8 Å². The quantitative estimate of drug-likeness (QED) is 0.0195. The topological polar surface area (TPSA) is 175 Å². The van der Waals surface area contributed by atoms with Crippen LogP contribution in [0.1, 0.15) is 373 Å². The van der Waals surface area contributed by atoms with Crippen molar-refractivity contribution in [2.24, 2.45) is 0 Å². The molecular weight excluding hydrogens is 1110 g/mol. The van der Waals surface area contributed by atoms with E-state index in [0.29, 0.717) is 19.4 Å². The smallest absolute Gasteiger partial charge is 0.305 e. The number of nitrogens with one attached hydrogen (secondary N) is 1. The number of ether oxygens (including phenoxy) is 3. The first-order valence-electron chi connectivity index (χ1n) is 38.4. The zero-order valence-corrected chi connectivity index (χ0v) is 58.2. The van der Waals surface area contributed by atoms with E-state index in [4.69, 9.17) is 14.2 Å². The minimum atomic E-state index is -1.57. The van der Waals surface area contributed by atoms with Crippen LogP contribution in [0, 0.1) is 0 Å². The minimum Gasteiger partial charge on any atom is -0.466 e. The van der Waals surface area contributed by atoms with Gasteiger partial charge in [-0.25, -0.2) is 0 Å². The molecule has 1 heterocycles. The summed E-state index contributed by atoms with van der Waals surface area (Å²) in [4.78, 5) is 25.1. The fourth-order valence-corrected chi connectivity index (χ4v) is 12.1. The summed E-state index contributed by atoms with van der Waals surface area (Å²) in [6.45, 7) is 4.32. The first-order valence-corrected chi connectivity index (χ1v) is 38.4. The monoisotopic (exact) mass is 1260 g/mol. The number of rotatable bonds is 68. The number of allylic oxidation sites excluding steroid dienone is 7. The van der Waals surface area contributed by atoms with Crippen LogP contribution in [-0.4, -0.2) is 100 Å². The van der Waals surface area contributed by atoms with Gasteiger partial charge in [-0.15, -0.1) is 0 Å². The predicted molar refractivity (Wildman–Crippen MR) is 375 cm³/mol. The molecule has 1 fully saturated rings. The molecule has 11 nitrogen and oxygen atoms in total. The highest BCUT2D eigenvalue weighted by atomic mass is 16.7. The fourth-order valence-electron chi connectivity index (χ4n) is 12.1. The molecular formula is C78H145NO10. The average molecular weight is 1260 g/mol. The van der Waals surface area contributed by atoms with Gasteiger partial charge in [0.05, 0.1) is 32.0 Å². The Morgan fingerprint density at radius 3 is 1.20 bits per heavy atom. The number of carbonyl (C=O) groups is 2. The van der Waals surface area contributed by atoms with Crippen molar-refractivity contribution in [3.63, 3.8) is 0 Å². The molecule has 89 heavy (non-hydrogen) atoms. The Morgan fingerprint density at radius 1 is 0.416 bits per heavy atom. The van der Waals surface area contributed by atoms with E-state index in [2.05, 4.69) is 55.6 Å². The van der Waals surface area contributed by atoms with Gasteiger partial charge in [-0.1, -0.05) is 332 Å². The van der Waals surface area contributed by atoms with Gasteiger partial charge in [0.15, 0.2) is 6.29 Å². The summed E-state index contributed by atoms with van der Waals surface area (Å²) in [7, 11) is 0. The Bertz CT molecular complexity index is 1620. The van der Waals surface area contributed by atoms with Crippen molar-refractivity contribution in [1.29, 1.82) is 0 Å². The summed E-state index contributed by atoms with van der Waals surface area (Å²) in [6.07, 6.45) is 78.8. The van der Waals surface area contributed by atoms with E-state index in [9.17, 15) is 35.1 Å². The second-order valence-corrected chi connectivity index (χ2v) is 26.7. The summed E-state index contributed by atoms with van der Waals surface area (Å²) >= 11 is 0. The van der Waals surface area contributed by atoms with E-state index >= 15 is 0 Å². The lowest BCUT2D eigenvalue weighted by atomic mass is 9.99. The number of aliphatic hydroxyl groups excluding tert-OH is 5. The minimum absolute atomic E-state index is 0.0156. The van der Waals surface area contributed by atoms with Crippen LogP contribution in [0.15, 0.2) is 48.6 Å². The number of esters is 1. The summed E-state index contributed by atoms with van der Waals surface area (Å²) in [5.41, 5.74) is 0. The molecule has 1 rings (SSSR count). The summed E-state index contributed by atoms with van der Waals surface area (Å²) in [5.74, 6) is -0.175. The number of hydrogen-bond donors (Lipinski definition) is 6. The third-order valence-corrected chi connectivity index (χ3v) is 18.2. The third kappa shape index (κ3) is 55.8. The first-order chi connectivity index (χ1) is 43.7. The number of hydrogen-bond acceptors (Lipinski definition) is 10. The Labute approximate surface area is 548 Å². The van der Waals surface area contributed by atoms with Crippen molar-refractivity contribution < 1.29 is 49.3 Å². The van der Waals surface area contributed by atoms with Gasteiger partial charge in [0, 0.05) is 12.8 Å². The predicted octanol–water partition coefficient (Wildman–Crippen LogP) is 20.3. The van der Waals surface area contributed by atoms with Crippen molar-refractivity contribution in [1.82, 2.24) is 5.32 Å². The highest BCUT2D eigenvalue weighted by Crippen LogP contribution is 2.24. The molecule has 0 aromatic carbocycles. The lowest BCUT2D eigenvalue weighted by molar-refractivity contribution is -0.302. The van der Waals surface area contributed by atoms with Gasteiger partial charge in [0.2, 0.25) is 5.91 Å². The van der Waals surface area contributed by atoms with Crippen LogP contribution in [0.4, 0.5) is 0 Å². The number of amides is 1. The van der Waals surface area contributed by atoms with Crippen molar-refractivity contribution in [2.75, 3.05) is 19.8 Å². The largest absolute Gasteiger partial charge is 0.466 e. The van der Waals surface area contributed by atoms with Gasteiger partial charge < -0.3 is 45.1 Å². The van der Waals surface area contributed by atoms with Crippen molar-refractivity contribution in [3.8, 4) is 0 Å². The Morgan fingerprint density at radius 2 is 0.764 bits per heavy atom. The second kappa shape index (κ2) is 67.1. The first kappa shape index (κ1) is 84.6. The maximum atomic E-state index is 13.0. The normalized spacial score (nSPS) is 17.9. The van der Waals surface area contributed by atoms with E-state index in [1.807, 2.05) is 6.08 Å². The van der Waals surface area contributed by atoms with Crippen LogP contribution in [0.3, 0.4) is 0 Å². The average Bonchev–Trinajstić information content (AvgIpc) is 2.38. The number of unbranched alkanes of at least 4 members (excludes halogenated alkanes) is 48. The highest BCUT2D eigenvalue weighted by molar-refractivity contribution is 5.76. The van der Waals surface area contributed by atoms with Crippen LogP contribution < -0.4 is 5.32 Å². The van der Waals surface area contributed by atoms with Gasteiger partial charge in [0.25, 0.3) is 0 Å². The standard InChI is InChI=1S/C78H145NO10/c1-3-5-7-9-11-13-14-15-39-43-46-50-54-58-62-66-74(83)87-67-63-59-55-51-47-44-41-38-36-34-32-30-28-26-24-22-20-18-16-17-19-21-23-25-27-29-31-33-35-37-40-42-45-49-53-57-61-65-73(82)79-70(71(81)64-60-56-52-48-12-10-8-6-4-2)69-88-78-77(86)76(85)75(84)72(68-80)89-78/h12,16,18,22,24,48,60,64,70-72,75-78,80-81,84-86H,3-11,13-15,17,19-21,23,25-47,49-59,61-63,65-69H2,1-2H3,(H,79,82)/b18-16-,24-22-,48-12+,64-60+. The number of aliphatic hydroxyl groups is 5. The second-order valence-electron chi connectivity index (χ2n) is 26.7. The molecule has 0 spiro atoms. The van der Waals surface area contributed by atoms with Gasteiger partial charge in [0.1, 0.15) is 24.4 Å². The summed E-state index contributed by atoms with van der Waals surface area (Å²) in [6, 6.07) is -0.824. The van der Waals surface area contributed by atoms with E-state index < -0.39 is 49.5 Å². The molecule has 1 aliphatic rings. The lowest BCUT2D eigenvalue weighted by Gasteiger charge is -2.40. The van der Waals surface area contributed by atoms with Crippen LogP contribution >= 0.6 is 0 Å². The van der Waals surface area contributed by atoms with Crippen LogP contribution in [0.25, 0.3) is 0 Å². The van der Waals surface area contributed by atoms with Gasteiger partial charge in [-0.05, 0) is 77.0 Å². The molecule has 0 aromatic heterocycles. The molecule has 0 aliphatic carbocycles. The Hall–Kier alpha value is -2.38. The lowest BCUT2D eigenvalue weighted by Crippen LogP contribution is -2.60. The van der Waals surface area contributed by atoms with E-state index in [-0.39, 0.29) is 18.5 Å². The highest BCUT2D eigenvalue weighted by Gasteiger charge is 2.44. The zero-order chi connectivity index (χ0) is 64.4. The molecule has 1 amide bonds. The maximum Gasteiger partial charge on any atom is 0.305 e. The van der Waals surface area contributed by atoms with Crippen molar-refractivity contribution in [2.45, 2.75) is 416 Å². The molecule has 7 atom stereocenters. The van der Waals surface area contributed by atoms with Crippen molar-refractivity contribution >= 4 is 11.9 Å².